The molecular formula is C13H19F2NO4. The number of carboxylic acids is 1. The summed E-state index contributed by atoms with van der Waals surface area (Å²) in [6.07, 6.45) is -0.186. The number of hydrogen-bond acceptors (Lipinski definition) is 3. The number of amides is 1. The minimum Gasteiger partial charge on any atom is -0.481 e. The first-order valence-corrected chi connectivity index (χ1v) is 6.83. The van der Waals surface area contributed by atoms with Gasteiger partial charge in [-0.3, -0.25) is 9.59 Å². The third-order valence-corrected chi connectivity index (χ3v) is 4.35. The molecule has 2 fully saturated rings. The van der Waals surface area contributed by atoms with E-state index in [1.54, 1.807) is 4.90 Å². The van der Waals surface area contributed by atoms with Gasteiger partial charge in [-0.2, -0.15) is 0 Å². The predicted molar refractivity (Wildman–Crippen MR) is 65.4 cm³/mol. The first kappa shape index (κ1) is 15.2. The molecule has 1 amide bonds. The molecule has 1 aliphatic heterocycles. The Labute approximate surface area is 115 Å². The zero-order chi connectivity index (χ0) is 14.8. The lowest BCUT2D eigenvalue weighted by Crippen LogP contribution is -2.37. The number of carboxylic acid groups (broad SMARTS) is 1. The van der Waals surface area contributed by atoms with Crippen LogP contribution in [0.5, 0.6) is 0 Å². The van der Waals surface area contributed by atoms with Crippen LogP contribution >= 0.6 is 0 Å². The van der Waals surface area contributed by atoms with Crippen LogP contribution in [0.15, 0.2) is 0 Å². The molecule has 1 saturated carbocycles. The standard InChI is InChI=1S/C13H19F2NO4/c14-10(15)7-20-5-3-11(17)16-6-9-2-1-4-13(9,8-16)12(18)19/h9-10H,1-8H2,(H,18,19)/t9-,13+/m0/s1. The van der Waals surface area contributed by atoms with Gasteiger partial charge in [-0.25, -0.2) is 8.78 Å². The number of halogens is 2. The van der Waals surface area contributed by atoms with Gasteiger partial charge in [0.2, 0.25) is 5.91 Å². The van der Waals surface area contributed by atoms with Gasteiger partial charge < -0.3 is 14.7 Å². The van der Waals surface area contributed by atoms with Gasteiger partial charge in [0.15, 0.2) is 0 Å². The van der Waals surface area contributed by atoms with E-state index in [-0.39, 0.29) is 31.4 Å². The van der Waals surface area contributed by atoms with Crippen molar-refractivity contribution in [3.63, 3.8) is 0 Å². The van der Waals surface area contributed by atoms with Crippen LogP contribution in [0.4, 0.5) is 8.78 Å². The molecule has 2 rings (SSSR count). The van der Waals surface area contributed by atoms with Crippen LogP contribution in [0.2, 0.25) is 0 Å². The molecule has 5 nitrogen and oxygen atoms in total. The fourth-order valence-electron chi connectivity index (χ4n) is 3.32. The van der Waals surface area contributed by atoms with Crippen molar-refractivity contribution in [3.05, 3.63) is 0 Å². The fraction of sp³-hybridized carbons (Fsp3) is 0.846. The Morgan fingerprint density at radius 3 is 2.80 bits per heavy atom. The summed E-state index contributed by atoms with van der Waals surface area (Å²) in [5.74, 6) is -1.02. The van der Waals surface area contributed by atoms with Gasteiger partial charge in [0, 0.05) is 13.1 Å². The van der Waals surface area contributed by atoms with Crippen LogP contribution in [-0.2, 0) is 14.3 Å². The van der Waals surface area contributed by atoms with Crippen molar-refractivity contribution in [3.8, 4) is 0 Å². The molecule has 0 aromatic carbocycles. The van der Waals surface area contributed by atoms with E-state index in [2.05, 4.69) is 4.74 Å². The van der Waals surface area contributed by atoms with Gasteiger partial charge >= 0.3 is 5.97 Å². The summed E-state index contributed by atoms with van der Waals surface area (Å²) in [6, 6.07) is 0. The number of carbonyl (C=O) groups excluding carboxylic acids is 1. The van der Waals surface area contributed by atoms with Crippen molar-refractivity contribution < 1.29 is 28.2 Å². The Bertz CT molecular complexity index is 391. The summed E-state index contributed by atoms with van der Waals surface area (Å²) in [6.45, 7) is -0.0277. The number of fused-ring (bicyclic) bond motifs is 1. The fourth-order valence-corrected chi connectivity index (χ4v) is 3.32. The van der Waals surface area contributed by atoms with E-state index in [1.807, 2.05) is 0 Å². The van der Waals surface area contributed by atoms with Crippen LogP contribution in [-0.4, -0.2) is 54.6 Å². The molecule has 1 N–H and O–H groups in total. The molecule has 1 aliphatic carbocycles. The lowest BCUT2D eigenvalue weighted by atomic mass is 9.81. The van der Waals surface area contributed by atoms with E-state index >= 15 is 0 Å². The van der Waals surface area contributed by atoms with E-state index in [4.69, 9.17) is 0 Å². The summed E-state index contributed by atoms with van der Waals surface area (Å²) >= 11 is 0. The van der Waals surface area contributed by atoms with Crippen molar-refractivity contribution in [2.24, 2.45) is 11.3 Å². The highest BCUT2D eigenvalue weighted by Gasteiger charge is 2.55. The molecule has 0 aromatic heterocycles. The zero-order valence-corrected chi connectivity index (χ0v) is 11.2. The number of nitrogens with zero attached hydrogens (tertiary/aromatic N) is 1. The molecule has 0 spiro atoms. The molecule has 0 bridgehead atoms. The summed E-state index contributed by atoms with van der Waals surface area (Å²) in [4.78, 5) is 25.0. The first-order chi connectivity index (χ1) is 9.45. The van der Waals surface area contributed by atoms with Crippen LogP contribution < -0.4 is 0 Å². The van der Waals surface area contributed by atoms with Crippen molar-refractivity contribution in [1.82, 2.24) is 4.90 Å². The number of rotatable bonds is 6. The molecular weight excluding hydrogens is 272 g/mol. The van der Waals surface area contributed by atoms with Gasteiger partial charge in [0.1, 0.15) is 6.61 Å². The van der Waals surface area contributed by atoms with Gasteiger partial charge in [0.05, 0.1) is 18.4 Å². The summed E-state index contributed by atoms with van der Waals surface area (Å²) < 4.78 is 28.4. The molecule has 0 unspecified atom stereocenters. The van der Waals surface area contributed by atoms with E-state index in [0.29, 0.717) is 13.0 Å². The molecule has 1 heterocycles. The third-order valence-electron chi connectivity index (χ3n) is 4.35. The van der Waals surface area contributed by atoms with E-state index in [1.165, 1.54) is 0 Å². The molecule has 20 heavy (non-hydrogen) atoms. The van der Waals surface area contributed by atoms with E-state index in [0.717, 1.165) is 12.8 Å². The van der Waals surface area contributed by atoms with Crippen molar-refractivity contribution in [2.45, 2.75) is 32.1 Å². The lowest BCUT2D eigenvalue weighted by molar-refractivity contribution is -0.149. The average molecular weight is 291 g/mol. The van der Waals surface area contributed by atoms with Crippen molar-refractivity contribution in [1.29, 1.82) is 0 Å². The quantitative estimate of drug-likeness (QED) is 0.751. The maximum absolute atomic E-state index is 12.0. The Balaban J connectivity index is 1.83. The normalized spacial score (nSPS) is 28.9. The summed E-state index contributed by atoms with van der Waals surface area (Å²) in [5, 5.41) is 9.40. The van der Waals surface area contributed by atoms with Crippen LogP contribution in [0.1, 0.15) is 25.7 Å². The largest absolute Gasteiger partial charge is 0.481 e. The Morgan fingerprint density at radius 2 is 2.20 bits per heavy atom. The van der Waals surface area contributed by atoms with Crippen molar-refractivity contribution >= 4 is 11.9 Å². The number of ether oxygens (including phenoxy) is 1. The minimum atomic E-state index is -2.54. The second-order valence-corrected chi connectivity index (χ2v) is 5.54. The van der Waals surface area contributed by atoms with Gasteiger partial charge in [-0.1, -0.05) is 6.42 Å². The van der Waals surface area contributed by atoms with Crippen molar-refractivity contribution in [2.75, 3.05) is 26.3 Å². The maximum atomic E-state index is 12.0. The molecule has 0 radical (unpaired) electrons. The highest BCUT2D eigenvalue weighted by Crippen LogP contribution is 2.48. The van der Waals surface area contributed by atoms with Gasteiger partial charge in [-0.05, 0) is 18.8 Å². The zero-order valence-electron chi connectivity index (χ0n) is 11.2. The average Bonchev–Trinajstić information content (AvgIpc) is 2.91. The second-order valence-electron chi connectivity index (χ2n) is 5.54. The lowest BCUT2D eigenvalue weighted by Gasteiger charge is -2.23. The van der Waals surface area contributed by atoms with Crippen LogP contribution in [0, 0.1) is 11.3 Å². The number of aliphatic carboxylic acids is 1. The number of alkyl halides is 2. The predicted octanol–water partition coefficient (Wildman–Crippen LogP) is 1.37. The SMILES string of the molecule is O=C(CCOCC(F)F)N1C[C@@H]2CCC[C@@]2(C(=O)O)C1. The summed E-state index contributed by atoms with van der Waals surface area (Å²) in [7, 11) is 0. The third kappa shape index (κ3) is 2.92. The number of likely N-dealkylation sites (tertiary alicyclic amines) is 1. The molecule has 2 aliphatic rings. The Morgan fingerprint density at radius 1 is 1.45 bits per heavy atom. The minimum absolute atomic E-state index is 0.0194. The highest BCUT2D eigenvalue weighted by molar-refractivity contribution is 5.81. The molecule has 114 valence electrons. The summed E-state index contributed by atoms with van der Waals surface area (Å²) in [5.41, 5.74) is -0.792. The van der Waals surface area contributed by atoms with E-state index < -0.39 is 24.4 Å². The molecule has 7 heteroatoms. The monoisotopic (exact) mass is 291 g/mol. The van der Waals surface area contributed by atoms with Crippen LogP contribution in [0.25, 0.3) is 0 Å². The van der Waals surface area contributed by atoms with E-state index in [9.17, 15) is 23.5 Å². The van der Waals surface area contributed by atoms with Crippen LogP contribution in [0.3, 0.4) is 0 Å². The highest BCUT2D eigenvalue weighted by atomic mass is 19.3. The Hall–Kier alpha value is -1.24. The van der Waals surface area contributed by atoms with Gasteiger partial charge in [-0.15, -0.1) is 0 Å². The Kier molecular flexibility index (Phi) is 4.57. The topological polar surface area (TPSA) is 66.8 Å². The molecule has 2 atom stereocenters. The number of carbonyl (C=O) groups is 2. The van der Waals surface area contributed by atoms with Gasteiger partial charge in [0.25, 0.3) is 6.43 Å². The maximum Gasteiger partial charge on any atom is 0.311 e. The first-order valence-electron chi connectivity index (χ1n) is 6.83. The number of hydrogen-bond donors (Lipinski definition) is 1. The smallest absolute Gasteiger partial charge is 0.311 e. The molecule has 1 saturated heterocycles. The molecule has 0 aromatic rings. The second kappa shape index (κ2) is 6.03.